The van der Waals surface area contributed by atoms with Gasteiger partial charge in [0, 0.05) is 24.3 Å². The van der Waals surface area contributed by atoms with Gasteiger partial charge in [0.2, 0.25) is 5.91 Å². The molecule has 154 valence electrons. The van der Waals surface area contributed by atoms with E-state index in [1.807, 2.05) is 49.4 Å². The first kappa shape index (κ1) is 20.0. The van der Waals surface area contributed by atoms with Crippen LogP contribution in [0.25, 0.3) is 10.8 Å². The minimum atomic E-state index is -0.238. The summed E-state index contributed by atoms with van der Waals surface area (Å²) in [5, 5.41) is 5.43. The molecule has 0 radical (unpaired) electrons. The average Bonchev–Trinajstić information content (AvgIpc) is 2.78. The second-order valence-corrected chi connectivity index (χ2v) is 8.00. The maximum atomic E-state index is 12.8. The number of carbonyl (C=O) groups is 2. The highest BCUT2D eigenvalue weighted by Crippen LogP contribution is 2.26. The van der Waals surface area contributed by atoms with Crippen molar-refractivity contribution in [2.24, 2.45) is 11.7 Å². The Morgan fingerprint density at radius 1 is 1.03 bits per heavy atom. The van der Waals surface area contributed by atoms with Crippen LogP contribution in [0.4, 0.5) is 5.69 Å². The third-order valence-electron chi connectivity index (χ3n) is 5.96. The lowest BCUT2D eigenvalue weighted by atomic mass is 9.97. The quantitative estimate of drug-likeness (QED) is 0.678. The lowest BCUT2D eigenvalue weighted by Gasteiger charge is -2.33. The van der Waals surface area contributed by atoms with Gasteiger partial charge in [-0.1, -0.05) is 42.5 Å². The zero-order chi connectivity index (χ0) is 21.1. The molecular formula is C25H27N3O2. The molecule has 3 N–H and O–H groups in total. The van der Waals surface area contributed by atoms with Crippen molar-refractivity contribution >= 4 is 28.3 Å². The Morgan fingerprint density at radius 2 is 1.77 bits per heavy atom. The van der Waals surface area contributed by atoms with Crippen molar-refractivity contribution in [3.05, 3.63) is 77.9 Å². The lowest BCUT2D eigenvalue weighted by Crippen LogP contribution is -2.41. The van der Waals surface area contributed by atoms with Gasteiger partial charge in [0.15, 0.2) is 0 Å². The SMILES string of the molecule is C[C@H](NC(=O)c1ccc(N2CCC[C@@H](C(N)=O)C2)cc1)c1cccc2ccccc12. The van der Waals surface area contributed by atoms with Crippen LogP contribution in [0.1, 0.15) is 41.7 Å². The molecule has 0 aromatic heterocycles. The van der Waals surface area contributed by atoms with Crippen LogP contribution in [0.15, 0.2) is 66.7 Å². The highest BCUT2D eigenvalue weighted by atomic mass is 16.2. The van der Waals surface area contributed by atoms with E-state index in [0.29, 0.717) is 12.1 Å². The Bertz CT molecular complexity index is 1060. The van der Waals surface area contributed by atoms with Gasteiger partial charge in [-0.3, -0.25) is 9.59 Å². The van der Waals surface area contributed by atoms with Gasteiger partial charge >= 0.3 is 0 Å². The fraction of sp³-hybridized carbons (Fsp3) is 0.280. The molecule has 0 spiro atoms. The summed E-state index contributed by atoms with van der Waals surface area (Å²) in [4.78, 5) is 26.5. The van der Waals surface area contributed by atoms with Crippen molar-refractivity contribution in [1.82, 2.24) is 5.32 Å². The van der Waals surface area contributed by atoms with Crippen molar-refractivity contribution < 1.29 is 9.59 Å². The van der Waals surface area contributed by atoms with Gasteiger partial charge in [0.1, 0.15) is 0 Å². The predicted octanol–water partition coefficient (Wildman–Crippen LogP) is 4.03. The fourth-order valence-electron chi connectivity index (χ4n) is 4.25. The Kier molecular flexibility index (Phi) is 5.70. The van der Waals surface area contributed by atoms with Gasteiger partial charge in [0.05, 0.1) is 12.0 Å². The van der Waals surface area contributed by atoms with Crippen LogP contribution in [-0.4, -0.2) is 24.9 Å². The van der Waals surface area contributed by atoms with Crippen molar-refractivity contribution in [1.29, 1.82) is 0 Å². The van der Waals surface area contributed by atoms with Crippen molar-refractivity contribution in [2.75, 3.05) is 18.0 Å². The van der Waals surface area contributed by atoms with Gasteiger partial charge in [-0.15, -0.1) is 0 Å². The first-order valence-corrected chi connectivity index (χ1v) is 10.5. The van der Waals surface area contributed by atoms with Crippen molar-refractivity contribution in [3.63, 3.8) is 0 Å². The third-order valence-corrected chi connectivity index (χ3v) is 5.96. The molecule has 5 heteroatoms. The number of amides is 2. The Balaban J connectivity index is 1.45. The standard InChI is InChI=1S/C25H27N3O2/c1-17(22-10-4-7-18-6-2-3-9-23(18)22)27-25(30)19-11-13-21(14-12-19)28-15-5-8-20(16-28)24(26)29/h2-4,6-7,9-14,17,20H,5,8,15-16H2,1H3,(H2,26,29)(H,27,30)/t17-,20+/m0/s1. The molecule has 0 unspecified atom stereocenters. The first-order valence-electron chi connectivity index (χ1n) is 10.5. The maximum absolute atomic E-state index is 12.8. The second-order valence-electron chi connectivity index (χ2n) is 8.00. The van der Waals surface area contributed by atoms with Crippen LogP contribution in [0.3, 0.4) is 0 Å². The number of benzene rings is 3. The smallest absolute Gasteiger partial charge is 0.251 e. The van der Waals surface area contributed by atoms with Crippen molar-refractivity contribution in [3.8, 4) is 0 Å². The Hall–Kier alpha value is -3.34. The number of primary amides is 1. The van der Waals surface area contributed by atoms with E-state index in [1.54, 1.807) is 0 Å². The molecule has 5 nitrogen and oxygen atoms in total. The fourth-order valence-corrected chi connectivity index (χ4v) is 4.25. The molecule has 3 aromatic carbocycles. The van der Waals surface area contributed by atoms with E-state index in [1.165, 1.54) is 0 Å². The van der Waals surface area contributed by atoms with E-state index in [9.17, 15) is 9.59 Å². The molecule has 1 heterocycles. The molecule has 2 amide bonds. The molecule has 0 saturated carbocycles. The third kappa shape index (κ3) is 4.15. The molecule has 2 atom stereocenters. The summed E-state index contributed by atoms with van der Waals surface area (Å²) >= 11 is 0. The molecule has 0 aliphatic carbocycles. The van der Waals surface area contributed by atoms with E-state index in [2.05, 4.69) is 34.5 Å². The summed E-state index contributed by atoms with van der Waals surface area (Å²) in [5.41, 5.74) is 8.22. The van der Waals surface area contributed by atoms with E-state index >= 15 is 0 Å². The zero-order valence-corrected chi connectivity index (χ0v) is 17.2. The molecule has 1 aliphatic heterocycles. The minimum Gasteiger partial charge on any atom is -0.371 e. The van der Waals surface area contributed by atoms with Gasteiger partial charge < -0.3 is 16.0 Å². The van der Waals surface area contributed by atoms with Crippen molar-refractivity contribution in [2.45, 2.75) is 25.8 Å². The van der Waals surface area contributed by atoms with Crippen LogP contribution in [0, 0.1) is 5.92 Å². The van der Waals surface area contributed by atoms with Crippen LogP contribution < -0.4 is 16.0 Å². The largest absolute Gasteiger partial charge is 0.371 e. The molecule has 1 fully saturated rings. The number of hydrogen-bond acceptors (Lipinski definition) is 3. The number of hydrogen-bond donors (Lipinski definition) is 2. The summed E-state index contributed by atoms with van der Waals surface area (Å²) in [5.74, 6) is -0.447. The number of rotatable bonds is 5. The molecule has 4 rings (SSSR count). The molecule has 1 aliphatic rings. The zero-order valence-electron chi connectivity index (χ0n) is 17.2. The maximum Gasteiger partial charge on any atom is 0.251 e. The van der Waals surface area contributed by atoms with Crippen LogP contribution in [0.5, 0.6) is 0 Å². The second kappa shape index (κ2) is 8.57. The summed E-state index contributed by atoms with van der Waals surface area (Å²) in [7, 11) is 0. The number of nitrogens with one attached hydrogen (secondary N) is 1. The van der Waals surface area contributed by atoms with E-state index in [-0.39, 0.29) is 23.8 Å². The molecular weight excluding hydrogens is 374 g/mol. The topological polar surface area (TPSA) is 75.4 Å². The van der Waals surface area contributed by atoms with Gasteiger partial charge in [-0.05, 0) is 60.4 Å². The minimum absolute atomic E-state index is 0.101. The summed E-state index contributed by atoms with van der Waals surface area (Å²) in [6, 6.07) is 21.8. The number of carbonyl (C=O) groups excluding carboxylic acids is 2. The first-order chi connectivity index (χ1) is 14.5. The van der Waals surface area contributed by atoms with E-state index < -0.39 is 0 Å². The number of nitrogens with zero attached hydrogens (tertiary/aromatic N) is 1. The van der Waals surface area contributed by atoms with Gasteiger partial charge in [-0.25, -0.2) is 0 Å². The number of fused-ring (bicyclic) bond motifs is 1. The van der Waals surface area contributed by atoms with Gasteiger partial charge in [-0.2, -0.15) is 0 Å². The molecule has 30 heavy (non-hydrogen) atoms. The summed E-state index contributed by atoms with van der Waals surface area (Å²) < 4.78 is 0. The highest BCUT2D eigenvalue weighted by molar-refractivity contribution is 5.95. The molecule has 3 aromatic rings. The van der Waals surface area contributed by atoms with Crippen LogP contribution in [-0.2, 0) is 4.79 Å². The normalized spacial score (nSPS) is 17.5. The molecule has 1 saturated heterocycles. The highest BCUT2D eigenvalue weighted by Gasteiger charge is 2.24. The summed E-state index contributed by atoms with van der Waals surface area (Å²) in [6.45, 7) is 3.54. The lowest BCUT2D eigenvalue weighted by molar-refractivity contribution is -0.122. The van der Waals surface area contributed by atoms with Crippen LogP contribution in [0.2, 0.25) is 0 Å². The number of anilines is 1. The Labute approximate surface area is 176 Å². The van der Waals surface area contributed by atoms with E-state index in [4.69, 9.17) is 5.73 Å². The Morgan fingerprint density at radius 3 is 2.53 bits per heavy atom. The molecule has 0 bridgehead atoms. The monoisotopic (exact) mass is 401 g/mol. The predicted molar refractivity (Wildman–Crippen MR) is 120 cm³/mol. The van der Waals surface area contributed by atoms with Crippen LogP contribution >= 0.6 is 0 Å². The average molecular weight is 402 g/mol. The summed E-state index contributed by atoms with van der Waals surface area (Å²) in [6.07, 6.45) is 1.79. The number of nitrogens with two attached hydrogens (primary N) is 1. The van der Waals surface area contributed by atoms with Gasteiger partial charge in [0.25, 0.3) is 5.91 Å². The number of piperidine rings is 1. The van der Waals surface area contributed by atoms with E-state index in [0.717, 1.165) is 41.4 Å².